The summed E-state index contributed by atoms with van der Waals surface area (Å²) in [5.41, 5.74) is 0. The monoisotopic (exact) mass is 283 g/mol. The van der Waals surface area contributed by atoms with Gasteiger partial charge in [0.2, 0.25) is 10.0 Å². The highest BCUT2D eigenvalue weighted by Gasteiger charge is 2.15. The Kier molecular flexibility index (Phi) is 4.11. The number of ether oxygens (including phenoxy) is 2. The molecule has 0 amide bonds. The largest absolute Gasteiger partial charge is 0.493 e. The van der Waals surface area contributed by atoms with Gasteiger partial charge in [0.25, 0.3) is 0 Å². The SMILES string of the molecule is COc1cc(S(N)(=O)=O)ccc1OCC1CC=CC1. The Morgan fingerprint density at radius 3 is 2.53 bits per heavy atom. The quantitative estimate of drug-likeness (QED) is 0.834. The summed E-state index contributed by atoms with van der Waals surface area (Å²) < 4.78 is 33.3. The lowest BCUT2D eigenvalue weighted by molar-refractivity contribution is 0.244. The molecule has 0 radical (unpaired) electrons. The molecular formula is C13H17NO4S. The average molecular weight is 283 g/mol. The number of hydrogen-bond donors (Lipinski definition) is 1. The van der Waals surface area contributed by atoms with E-state index in [0.717, 1.165) is 12.8 Å². The van der Waals surface area contributed by atoms with Crippen LogP contribution in [0.3, 0.4) is 0 Å². The highest BCUT2D eigenvalue weighted by Crippen LogP contribution is 2.30. The van der Waals surface area contributed by atoms with Crippen molar-refractivity contribution in [2.24, 2.45) is 11.1 Å². The maximum absolute atomic E-state index is 11.3. The minimum atomic E-state index is -3.73. The first-order chi connectivity index (χ1) is 9.00. The molecule has 1 aliphatic rings. The molecule has 0 bridgehead atoms. The molecule has 104 valence electrons. The van der Waals surface area contributed by atoms with Crippen molar-refractivity contribution in [2.75, 3.05) is 13.7 Å². The van der Waals surface area contributed by atoms with Crippen LogP contribution in [0.15, 0.2) is 35.2 Å². The van der Waals surface area contributed by atoms with Gasteiger partial charge in [-0.3, -0.25) is 0 Å². The normalized spacial score (nSPS) is 15.7. The molecule has 0 atom stereocenters. The van der Waals surface area contributed by atoms with Gasteiger partial charge in [0.1, 0.15) is 0 Å². The number of benzene rings is 1. The van der Waals surface area contributed by atoms with E-state index in [1.807, 2.05) is 0 Å². The van der Waals surface area contributed by atoms with Crippen LogP contribution in [-0.4, -0.2) is 22.1 Å². The molecule has 2 N–H and O–H groups in total. The molecule has 2 rings (SSSR count). The lowest BCUT2D eigenvalue weighted by Crippen LogP contribution is -2.13. The molecular weight excluding hydrogens is 266 g/mol. The summed E-state index contributed by atoms with van der Waals surface area (Å²) in [6.45, 7) is 0.581. The number of rotatable bonds is 5. The maximum atomic E-state index is 11.3. The van der Waals surface area contributed by atoms with Gasteiger partial charge in [-0.15, -0.1) is 0 Å². The second-order valence-electron chi connectivity index (χ2n) is 4.48. The summed E-state index contributed by atoms with van der Waals surface area (Å²) in [5, 5.41) is 5.07. The van der Waals surface area contributed by atoms with Crippen molar-refractivity contribution in [2.45, 2.75) is 17.7 Å². The van der Waals surface area contributed by atoms with Crippen molar-refractivity contribution in [1.82, 2.24) is 0 Å². The highest BCUT2D eigenvalue weighted by molar-refractivity contribution is 7.89. The van der Waals surface area contributed by atoms with E-state index in [1.165, 1.54) is 19.2 Å². The number of allylic oxidation sites excluding steroid dienone is 2. The second kappa shape index (κ2) is 5.63. The van der Waals surface area contributed by atoms with Crippen molar-refractivity contribution in [1.29, 1.82) is 0 Å². The minimum Gasteiger partial charge on any atom is -0.493 e. The number of hydrogen-bond acceptors (Lipinski definition) is 4. The lowest BCUT2D eigenvalue weighted by atomic mass is 10.1. The Morgan fingerprint density at radius 1 is 1.26 bits per heavy atom. The molecule has 0 saturated heterocycles. The third kappa shape index (κ3) is 3.48. The molecule has 0 unspecified atom stereocenters. The van der Waals surface area contributed by atoms with E-state index in [2.05, 4.69) is 12.2 Å². The fraction of sp³-hybridized carbons (Fsp3) is 0.385. The van der Waals surface area contributed by atoms with Crippen LogP contribution in [-0.2, 0) is 10.0 Å². The smallest absolute Gasteiger partial charge is 0.238 e. The van der Waals surface area contributed by atoms with Crippen molar-refractivity contribution >= 4 is 10.0 Å². The molecule has 1 aromatic carbocycles. The zero-order valence-corrected chi connectivity index (χ0v) is 11.5. The Morgan fingerprint density at radius 2 is 1.95 bits per heavy atom. The topological polar surface area (TPSA) is 78.6 Å². The van der Waals surface area contributed by atoms with Gasteiger partial charge in [0.15, 0.2) is 11.5 Å². The van der Waals surface area contributed by atoms with Crippen LogP contribution < -0.4 is 14.6 Å². The van der Waals surface area contributed by atoms with Crippen molar-refractivity contribution in [3.05, 3.63) is 30.4 Å². The number of primary sulfonamides is 1. The zero-order valence-electron chi connectivity index (χ0n) is 10.7. The highest BCUT2D eigenvalue weighted by atomic mass is 32.2. The summed E-state index contributed by atoms with van der Waals surface area (Å²) in [7, 11) is -2.26. The third-order valence-corrected chi connectivity index (χ3v) is 3.95. The van der Waals surface area contributed by atoms with Crippen molar-refractivity contribution < 1.29 is 17.9 Å². The van der Waals surface area contributed by atoms with Gasteiger partial charge in [-0.25, -0.2) is 13.6 Å². The fourth-order valence-electron chi connectivity index (χ4n) is 1.96. The Labute approximate surface area is 113 Å². The van der Waals surface area contributed by atoms with Crippen LogP contribution in [0.2, 0.25) is 0 Å². The van der Waals surface area contributed by atoms with Crippen LogP contribution in [0.4, 0.5) is 0 Å². The van der Waals surface area contributed by atoms with Gasteiger partial charge in [0, 0.05) is 6.07 Å². The van der Waals surface area contributed by atoms with E-state index in [0.29, 0.717) is 24.0 Å². The van der Waals surface area contributed by atoms with Crippen LogP contribution in [0, 0.1) is 5.92 Å². The number of methoxy groups -OCH3 is 1. The van der Waals surface area contributed by atoms with Crippen molar-refractivity contribution in [3.8, 4) is 11.5 Å². The van der Waals surface area contributed by atoms with E-state index in [-0.39, 0.29) is 4.90 Å². The van der Waals surface area contributed by atoms with Crippen LogP contribution >= 0.6 is 0 Å². The molecule has 5 nitrogen and oxygen atoms in total. The number of nitrogens with two attached hydrogens (primary N) is 1. The molecule has 0 spiro atoms. The van der Waals surface area contributed by atoms with E-state index in [1.54, 1.807) is 6.07 Å². The maximum Gasteiger partial charge on any atom is 0.238 e. The third-order valence-electron chi connectivity index (χ3n) is 3.04. The van der Waals surface area contributed by atoms with E-state index in [4.69, 9.17) is 14.6 Å². The van der Waals surface area contributed by atoms with Gasteiger partial charge in [-0.1, -0.05) is 12.2 Å². The van der Waals surface area contributed by atoms with Gasteiger partial charge in [-0.2, -0.15) is 0 Å². The summed E-state index contributed by atoms with van der Waals surface area (Å²) >= 11 is 0. The van der Waals surface area contributed by atoms with Gasteiger partial charge in [-0.05, 0) is 30.9 Å². The predicted molar refractivity (Wildman–Crippen MR) is 71.7 cm³/mol. The molecule has 0 aliphatic heterocycles. The van der Waals surface area contributed by atoms with E-state index in [9.17, 15) is 8.42 Å². The Balaban J connectivity index is 2.12. The Hall–Kier alpha value is -1.53. The van der Waals surface area contributed by atoms with Crippen LogP contribution in [0.1, 0.15) is 12.8 Å². The lowest BCUT2D eigenvalue weighted by Gasteiger charge is -2.14. The van der Waals surface area contributed by atoms with Gasteiger partial charge < -0.3 is 9.47 Å². The first-order valence-electron chi connectivity index (χ1n) is 5.99. The molecule has 0 aromatic heterocycles. The minimum absolute atomic E-state index is 0.0132. The molecule has 0 fully saturated rings. The zero-order chi connectivity index (χ0) is 13.9. The van der Waals surface area contributed by atoms with E-state index < -0.39 is 10.0 Å². The van der Waals surface area contributed by atoms with Crippen LogP contribution in [0.5, 0.6) is 11.5 Å². The molecule has 0 heterocycles. The second-order valence-corrected chi connectivity index (χ2v) is 6.04. The summed E-state index contributed by atoms with van der Waals surface area (Å²) in [6, 6.07) is 4.36. The predicted octanol–water partition coefficient (Wildman–Crippen LogP) is 1.69. The van der Waals surface area contributed by atoms with Crippen LogP contribution in [0.25, 0.3) is 0 Å². The fourth-order valence-corrected chi connectivity index (χ4v) is 2.49. The molecule has 1 aliphatic carbocycles. The van der Waals surface area contributed by atoms with E-state index >= 15 is 0 Å². The molecule has 1 aromatic rings. The first-order valence-corrected chi connectivity index (χ1v) is 7.54. The van der Waals surface area contributed by atoms with Crippen molar-refractivity contribution in [3.63, 3.8) is 0 Å². The van der Waals surface area contributed by atoms with Gasteiger partial charge in [0.05, 0.1) is 18.6 Å². The summed E-state index contributed by atoms with van der Waals surface area (Å²) in [4.78, 5) is 0.0132. The molecule has 19 heavy (non-hydrogen) atoms. The molecule has 6 heteroatoms. The summed E-state index contributed by atoms with van der Waals surface area (Å²) in [6.07, 6.45) is 6.29. The first kappa shape index (κ1) is 13.9. The standard InChI is InChI=1S/C13H17NO4S/c1-17-13-8-11(19(14,15)16)6-7-12(13)18-9-10-4-2-3-5-10/h2-3,6-8,10H,4-5,9H2,1H3,(H2,14,15,16). The average Bonchev–Trinajstić information content (AvgIpc) is 2.88. The Bertz CT molecular complexity index is 572. The van der Waals surface area contributed by atoms with Gasteiger partial charge >= 0.3 is 0 Å². The summed E-state index contributed by atoms with van der Waals surface area (Å²) in [5.74, 6) is 1.38. The number of sulfonamides is 1. The molecule has 0 saturated carbocycles.